The molecule has 0 bridgehead atoms. The van der Waals surface area contributed by atoms with Gasteiger partial charge in [0.05, 0.1) is 50.1 Å². The summed E-state index contributed by atoms with van der Waals surface area (Å²) in [6.45, 7) is 1.42. The molecule has 0 spiro atoms. The van der Waals surface area contributed by atoms with Gasteiger partial charge >= 0.3 is 0 Å². The summed E-state index contributed by atoms with van der Waals surface area (Å²) >= 11 is 3.99. The van der Waals surface area contributed by atoms with Crippen molar-refractivity contribution in [3.05, 3.63) is 105 Å². The maximum absolute atomic E-state index is 5.80. The first-order valence-corrected chi connectivity index (χ1v) is 43.9. The molecule has 26 unspecified atom stereocenters. The van der Waals surface area contributed by atoms with Gasteiger partial charge in [-0.25, -0.2) is 0 Å². The van der Waals surface area contributed by atoms with Gasteiger partial charge in [0.1, 0.15) is 19.0 Å². The van der Waals surface area contributed by atoms with Crippen molar-refractivity contribution >= 4 is 23.1 Å². The van der Waals surface area contributed by atoms with E-state index in [1.54, 1.807) is 22.3 Å². The van der Waals surface area contributed by atoms with Crippen LogP contribution in [0.5, 0.6) is 0 Å². The van der Waals surface area contributed by atoms with Gasteiger partial charge in [0.2, 0.25) is 0 Å². The molecule has 21 aliphatic rings. The minimum atomic E-state index is 0.448. The summed E-state index contributed by atoms with van der Waals surface area (Å²) in [4.78, 5) is 2.40. The van der Waals surface area contributed by atoms with Crippen LogP contribution in [-0.4, -0.2) is 71.9 Å². The standard InChI is InChI=1S/C12H17N.C11H19NO.C11H14O.2C11H16O.C11H14S.C11H16S.C10H16O2/c1-13-7-11-5-9-3-2-4-10(9)6-12(11)8-13;1-12-7-13-11-6-9-4-2-3-8(9)5-10(11)12;1-2-8-4-10-6-12-7-11(10)5-9(8)3-1;1-2-8-6-10-4-5-12-11(10)7-9(8)3-1;1-2-4-10-8(3-1)7-9-5-6-12-11(9)10;1-2-8-4-10-6-12-7-11(10)5-9(8)3-1;1-2-8-6-10-4-5-12-11(10)7-9(8)3-1;1-2-7-4-9-10(12-6-11-9)5-8(7)3-1/h7-10H,2-6H2,1H3;8-11H,2-7H2,1H3;6-9H,1-5H2;4-5,8-11H,1-3,6-7H2;5-6,8-11H,1-4,7H2;6-9H,1-5H2;4-5,8-11H,1-3,6-7H2;7-10H,1-6H2. The number of fused-ring (bicyclic) bond motifs is 17. The minimum absolute atomic E-state index is 0.448. The van der Waals surface area contributed by atoms with Crippen LogP contribution in [0.3, 0.4) is 0 Å². The summed E-state index contributed by atoms with van der Waals surface area (Å²) < 4.78 is 35.6. The van der Waals surface area contributed by atoms with Crippen molar-refractivity contribution in [1.29, 1.82) is 0 Å². The van der Waals surface area contributed by atoms with E-state index in [1.807, 2.05) is 36.4 Å². The molecule has 15 fully saturated rings. The van der Waals surface area contributed by atoms with Gasteiger partial charge in [0.25, 0.3) is 0 Å². The van der Waals surface area contributed by atoms with Gasteiger partial charge in [0.15, 0.2) is 0 Å². The molecule has 0 N–H and O–H groups in total. The molecular weight excluding hydrogens is 1250 g/mol. The summed E-state index contributed by atoms with van der Waals surface area (Å²) in [5, 5.41) is 8.05. The van der Waals surface area contributed by atoms with E-state index >= 15 is 0 Å². The van der Waals surface area contributed by atoms with Crippen LogP contribution in [0.25, 0.3) is 0 Å². The molecular formula is C88H128N2O6S2. The average Bonchev–Trinajstić information content (AvgIpc) is 1.73. The molecule has 8 nitrogen and oxygen atoms in total. The van der Waals surface area contributed by atoms with Gasteiger partial charge < -0.3 is 32.7 Å². The molecule has 3 aromatic heterocycles. The van der Waals surface area contributed by atoms with Crippen molar-refractivity contribution in [3.8, 4) is 0 Å². The molecule has 0 radical (unpaired) electrons. The monoisotopic (exact) mass is 1370 g/mol. The maximum atomic E-state index is 5.80. The summed E-state index contributed by atoms with van der Waals surface area (Å²) in [5.74, 6) is 18.7. The van der Waals surface area contributed by atoms with Gasteiger partial charge in [-0.15, -0.1) is 11.8 Å². The lowest BCUT2D eigenvalue weighted by atomic mass is 9.75. The maximum Gasteiger partial charge on any atom is 0.147 e. The quantitative estimate of drug-likeness (QED) is 0.221. The van der Waals surface area contributed by atoms with Crippen molar-refractivity contribution in [3.63, 3.8) is 0 Å². The zero-order valence-corrected chi connectivity index (χ0v) is 62.4. The highest BCUT2D eigenvalue weighted by atomic mass is 32.2. The fourth-order valence-corrected chi connectivity index (χ4v) is 28.1. The zero-order chi connectivity index (χ0) is 65.5. The summed E-state index contributed by atoms with van der Waals surface area (Å²) in [6.07, 6.45) is 79.5. The molecule has 16 aliphatic carbocycles. The van der Waals surface area contributed by atoms with Crippen molar-refractivity contribution in [2.75, 3.05) is 20.6 Å². The molecule has 2 saturated heterocycles. The zero-order valence-electron chi connectivity index (χ0n) is 60.8. The van der Waals surface area contributed by atoms with Crippen LogP contribution >= 0.6 is 23.1 Å². The number of nitrogens with zero attached hydrogens (tertiary/aromatic N) is 2. The number of likely N-dealkylation sites (N-methyl/N-ethyl adjacent to an activating group) is 1. The van der Waals surface area contributed by atoms with Crippen LogP contribution < -0.4 is 0 Å². The second-order valence-corrected chi connectivity index (χ2v) is 38.5. The number of thioether (sulfide) groups is 1. The van der Waals surface area contributed by atoms with E-state index in [9.17, 15) is 0 Å². The number of thiophene rings is 1. The Hall–Kier alpha value is -2.73. The first kappa shape index (κ1) is 68.4. The Morgan fingerprint density at radius 3 is 1.39 bits per heavy atom. The predicted octanol–water partition coefficient (Wildman–Crippen LogP) is 21.3. The molecule has 538 valence electrons. The number of furan rings is 1. The summed E-state index contributed by atoms with van der Waals surface area (Å²) in [7, 11) is 4.36. The lowest BCUT2D eigenvalue weighted by Gasteiger charge is -2.35. The van der Waals surface area contributed by atoms with E-state index in [0.717, 1.165) is 130 Å². The van der Waals surface area contributed by atoms with Gasteiger partial charge in [-0.2, -0.15) is 11.3 Å². The third-order valence-electron chi connectivity index (χ3n) is 31.3. The minimum Gasteiger partial charge on any atom is -0.498 e. The van der Waals surface area contributed by atoms with Gasteiger partial charge in [-0.3, -0.25) is 4.90 Å². The number of allylic oxidation sites excluding steroid dienone is 1. The van der Waals surface area contributed by atoms with Crippen LogP contribution in [0.4, 0.5) is 0 Å². The summed E-state index contributed by atoms with van der Waals surface area (Å²) in [6, 6.07) is 0.749. The fourth-order valence-electron chi connectivity index (χ4n) is 25.9. The lowest BCUT2D eigenvalue weighted by molar-refractivity contribution is 0.0385. The highest BCUT2D eigenvalue weighted by Crippen LogP contribution is 2.54. The number of ether oxygens (including phenoxy) is 5. The highest BCUT2D eigenvalue weighted by molar-refractivity contribution is 8.03. The van der Waals surface area contributed by atoms with Crippen molar-refractivity contribution < 1.29 is 28.1 Å². The van der Waals surface area contributed by atoms with Gasteiger partial charge in [0, 0.05) is 42.6 Å². The predicted molar refractivity (Wildman–Crippen MR) is 398 cm³/mol. The lowest BCUT2D eigenvalue weighted by Crippen LogP contribution is -2.40. The van der Waals surface area contributed by atoms with E-state index in [1.165, 1.54) is 268 Å². The van der Waals surface area contributed by atoms with Crippen molar-refractivity contribution in [2.45, 2.75) is 299 Å². The molecule has 0 amide bonds. The third-order valence-corrected chi connectivity index (χ3v) is 33.4. The Morgan fingerprint density at radius 1 is 0.367 bits per heavy atom. The van der Waals surface area contributed by atoms with Crippen LogP contribution in [0.1, 0.15) is 252 Å². The first-order valence-electron chi connectivity index (χ1n) is 42.0. The summed E-state index contributed by atoms with van der Waals surface area (Å²) in [5.41, 5.74) is 9.57. The molecule has 98 heavy (non-hydrogen) atoms. The average molecular weight is 1370 g/mol. The van der Waals surface area contributed by atoms with E-state index in [2.05, 4.69) is 82.1 Å². The molecule has 8 heterocycles. The van der Waals surface area contributed by atoms with Crippen molar-refractivity contribution in [2.24, 2.45) is 119 Å². The molecule has 13 saturated carbocycles. The van der Waals surface area contributed by atoms with E-state index in [0.29, 0.717) is 37.3 Å². The Morgan fingerprint density at radius 2 is 0.806 bits per heavy atom. The highest BCUT2D eigenvalue weighted by Gasteiger charge is 2.48. The van der Waals surface area contributed by atoms with E-state index in [-0.39, 0.29) is 0 Å². The van der Waals surface area contributed by atoms with Crippen LogP contribution in [0.15, 0.2) is 76.3 Å². The van der Waals surface area contributed by atoms with Crippen LogP contribution in [0, 0.1) is 112 Å². The SMILES string of the molecule is C1=CC2CC3CCCC3CC2O1.C1=CC2CC3CCCC3CC2S1.C1=CC2CC3CCCCC3C2O1.C1CC2CC3OCOC3CC2C1.CN1COC2CC3CCCC3CC21.Cn1cc2c(c1)CC1CCCC1C2.c1occ2c1CC1CCCC1C2.c1scc2c1CC1CCCC1C2. The van der Waals surface area contributed by atoms with Crippen LogP contribution in [-0.2, 0) is 69.3 Å². The molecule has 5 aliphatic heterocycles. The van der Waals surface area contributed by atoms with Gasteiger partial charge in [-0.05, 0) is 311 Å². The Balaban J connectivity index is 0.0000000842. The Labute approximate surface area is 600 Å². The number of hydrogen-bond acceptors (Lipinski definition) is 9. The number of hydrogen-bond donors (Lipinski definition) is 0. The number of aryl methyl sites for hydroxylation is 1. The normalized spacial score (nSPS) is 43.8. The molecule has 24 rings (SSSR count). The Bertz CT molecular complexity index is 2900. The molecule has 0 aromatic carbocycles. The third kappa shape index (κ3) is 15.4. The first-order chi connectivity index (χ1) is 48.3. The molecule has 3 aromatic rings. The number of rotatable bonds is 0. The largest absolute Gasteiger partial charge is 0.498 e. The van der Waals surface area contributed by atoms with Crippen molar-refractivity contribution in [1.82, 2.24) is 9.47 Å². The second-order valence-electron chi connectivity index (χ2n) is 36.6. The topological polar surface area (TPSA) is 67.5 Å². The molecule has 10 heteroatoms. The van der Waals surface area contributed by atoms with E-state index < -0.39 is 0 Å². The molecule has 26 atom stereocenters. The van der Waals surface area contributed by atoms with Gasteiger partial charge in [-0.1, -0.05) is 122 Å². The fraction of sp³-hybridized carbons (Fsp3) is 0.795. The van der Waals surface area contributed by atoms with Crippen LogP contribution in [0.2, 0.25) is 0 Å². The Kier molecular flexibility index (Phi) is 22.0. The number of aromatic nitrogens is 1. The smallest absolute Gasteiger partial charge is 0.147 e. The van der Waals surface area contributed by atoms with E-state index in [4.69, 9.17) is 28.1 Å². The second kappa shape index (κ2) is 31.5.